The third-order valence-corrected chi connectivity index (χ3v) is 4.39. The van der Waals surface area contributed by atoms with E-state index in [1.54, 1.807) is 5.38 Å². The molecule has 0 saturated carbocycles. The molecule has 6 heteroatoms. The van der Waals surface area contributed by atoms with Gasteiger partial charge in [0.1, 0.15) is 10.7 Å². The minimum Gasteiger partial charge on any atom is -0.396 e. The van der Waals surface area contributed by atoms with E-state index in [2.05, 4.69) is 33.1 Å². The number of hydrogen-bond donors (Lipinski definition) is 2. The Kier molecular flexibility index (Phi) is 4.22. The van der Waals surface area contributed by atoms with Crippen LogP contribution in [0.5, 0.6) is 0 Å². The fraction of sp³-hybridized carbons (Fsp3) is 0.250. The highest BCUT2D eigenvalue weighted by Crippen LogP contribution is 2.29. The zero-order valence-electron chi connectivity index (χ0n) is 12.2. The summed E-state index contributed by atoms with van der Waals surface area (Å²) in [6.07, 6.45) is 0.548. The maximum atomic E-state index is 12.0. The summed E-state index contributed by atoms with van der Waals surface area (Å²) in [5.74, 6) is -0.199. The number of aliphatic hydroxyl groups excluding tert-OH is 1. The Morgan fingerprint density at radius 3 is 3.00 bits per heavy atom. The summed E-state index contributed by atoms with van der Waals surface area (Å²) in [6, 6.07) is 10.2. The fourth-order valence-corrected chi connectivity index (χ4v) is 3.21. The first-order valence-corrected chi connectivity index (χ1v) is 7.98. The number of carbonyl (C=O) groups is 1. The number of carbonyl (C=O) groups excluding carboxylic acids is 1. The Balaban J connectivity index is 1.86. The van der Waals surface area contributed by atoms with Crippen LogP contribution < -0.4 is 5.32 Å². The van der Waals surface area contributed by atoms with Gasteiger partial charge in [0, 0.05) is 36.5 Å². The van der Waals surface area contributed by atoms with Crippen LogP contribution in [0.15, 0.2) is 35.7 Å². The van der Waals surface area contributed by atoms with E-state index in [0.29, 0.717) is 18.7 Å². The molecule has 3 rings (SSSR count). The monoisotopic (exact) mass is 315 g/mol. The van der Waals surface area contributed by atoms with Crippen LogP contribution in [-0.2, 0) is 7.05 Å². The molecule has 3 aromatic rings. The van der Waals surface area contributed by atoms with Gasteiger partial charge in [0.25, 0.3) is 5.91 Å². The summed E-state index contributed by atoms with van der Waals surface area (Å²) < 4.78 is 2.08. The van der Waals surface area contributed by atoms with E-state index < -0.39 is 0 Å². The van der Waals surface area contributed by atoms with E-state index in [9.17, 15) is 4.79 Å². The van der Waals surface area contributed by atoms with E-state index in [-0.39, 0.29) is 12.5 Å². The molecule has 1 aromatic carbocycles. The van der Waals surface area contributed by atoms with Crippen molar-refractivity contribution in [2.24, 2.45) is 7.05 Å². The summed E-state index contributed by atoms with van der Waals surface area (Å²) in [4.78, 5) is 16.4. The Morgan fingerprint density at radius 2 is 2.23 bits per heavy atom. The molecule has 0 aliphatic carbocycles. The van der Waals surface area contributed by atoms with Crippen molar-refractivity contribution in [1.29, 1.82) is 0 Å². The maximum absolute atomic E-state index is 12.0. The van der Waals surface area contributed by atoms with Crippen LogP contribution in [0.3, 0.4) is 0 Å². The molecule has 0 aliphatic heterocycles. The molecule has 1 amide bonds. The highest BCUT2D eigenvalue weighted by molar-refractivity contribution is 7.13. The van der Waals surface area contributed by atoms with E-state index in [4.69, 9.17) is 5.11 Å². The number of thiazole rings is 1. The quantitative estimate of drug-likeness (QED) is 0.711. The predicted octanol–water partition coefficient (Wildman–Crippen LogP) is 2.41. The molecule has 0 saturated heterocycles. The lowest BCUT2D eigenvalue weighted by Crippen LogP contribution is -2.25. The van der Waals surface area contributed by atoms with Gasteiger partial charge in [0.15, 0.2) is 0 Å². The third-order valence-electron chi connectivity index (χ3n) is 3.53. The first kappa shape index (κ1) is 14.7. The second-order valence-corrected chi connectivity index (χ2v) is 5.88. The summed E-state index contributed by atoms with van der Waals surface area (Å²) in [5, 5.41) is 15.2. The second kappa shape index (κ2) is 6.29. The van der Waals surface area contributed by atoms with Gasteiger partial charge in [-0.25, -0.2) is 4.98 Å². The van der Waals surface area contributed by atoms with Gasteiger partial charge in [-0.3, -0.25) is 4.79 Å². The first-order valence-electron chi connectivity index (χ1n) is 7.10. The molecule has 2 aromatic heterocycles. The van der Waals surface area contributed by atoms with Crippen LogP contribution in [0.25, 0.3) is 21.6 Å². The Morgan fingerprint density at radius 1 is 1.41 bits per heavy atom. The molecule has 0 radical (unpaired) electrons. The Bertz CT molecular complexity index is 807. The normalized spacial score (nSPS) is 11.0. The van der Waals surface area contributed by atoms with Gasteiger partial charge in [-0.15, -0.1) is 11.3 Å². The topological polar surface area (TPSA) is 67.2 Å². The van der Waals surface area contributed by atoms with Crippen LogP contribution >= 0.6 is 11.3 Å². The van der Waals surface area contributed by atoms with Crippen molar-refractivity contribution in [3.8, 4) is 10.7 Å². The van der Waals surface area contributed by atoms with Crippen molar-refractivity contribution < 1.29 is 9.90 Å². The van der Waals surface area contributed by atoms with Crippen LogP contribution in [0.1, 0.15) is 16.9 Å². The van der Waals surface area contributed by atoms with Crippen molar-refractivity contribution in [2.75, 3.05) is 13.2 Å². The molecule has 5 nitrogen and oxygen atoms in total. The van der Waals surface area contributed by atoms with Gasteiger partial charge in [0.2, 0.25) is 0 Å². The minimum atomic E-state index is -0.199. The summed E-state index contributed by atoms with van der Waals surface area (Å²) >= 11 is 1.46. The van der Waals surface area contributed by atoms with Gasteiger partial charge in [-0.2, -0.15) is 0 Å². The molecule has 0 atom stereocenters. The lowest BCUT2D eigenvalue weighted by atomic mass is 10.2. The third kappa shape index (κ3) is 2.75. The smallest absolute Gasteiger partial charge is 0.270 e. The van der Waals surface area contributed by atoms with Crippen LogP contribution in [0.2, 0.25) is 0 Å². The number of aryl methyl sites for hydroxylation is 1. The van der Waals surface area contributed by atoms with Crippen molar-refractivity contribution >= 4 is 28.1 Å². The molecular weight excluding hydrogens is 298 g/mol. The molecular formula is C16H17N3O2S. The van der Waals surface area contributed by atoms with Gasteiger partial charge < -0.3 is 15.0 Å². The van der Waals surface area contributed by atoms with E-state index in [1.807, 2.05) is 19.2 Å². The summed E-state index contributed by atoms with van der Waals surface area (Å²) in [5.41, 5.74) is 2.56. The number of nitrogens with one attached hydrogen (secondary N) is 1. The number of aliphatic hydroxyl groups is 1. The Labute approximate surface area is 132 Å². The van der Waals surface area contributed by atoms with Crippen molar-refractivity contribution in [1.82, 2.24) is 14.9 Å². The number of hydrogen-bond acceptors (Lipinski definition) is 4. The largest absolute Gasteiger partial charge is 0.396 e. The van der Waals surface area contributed by atoms with Crippen molar-refractivity contribution in [2.45, 2.75) is 6.42 Å². The number of rotatable bonds is 5. The number of para-hydroxylation sites is 1. The molecule has 0 unspecified atom stereocenters. The molecule has 22 heavy (non-hydrogen) atoms. The molecule has 0 aliphatic rings. The van der Waals surface area contributed by atoms with Crippen molar-refractivity contribution in [3.05, 3.63) is 41.4 Å². The van der Waals surface area contributed by atoms with Crippen LogP contribution in [-0.4, -0.2) is 33.7 Å². The van der Waals surface area contributed by atoms with Gasteiger partial charge in [-0.05, 0) is 18.6 Å². The summed E-state index contributed by atoms with van der Waals surface area (Å²) in [6.45, 7) is 0.523. The van der Waals surface area contributed by atoms with Gasteiger partial charge in [-0.1, -0.05) is 18.2 Å². The maximum Gasteiger partial charge on any atom is 0.270 e. The SMILES string of the molecule is Cn1c(-c2nc(C(=O)NCCCO)cs2)cc2ccccc21. The zero-order chi connectivity index (χ0) is 15.5. The van der Waals surface area contributed by atoms with Crippen LogP contribution in [0, 0.1) is 0 Å². The number of nitrogens with zero attached hydrogens (tertiary/aromatic N) is 2. The fourth-order valence-electron chi connectivity index (χ4n) is 2.36. The zero-order valence-corrected chi connectivity index (χ0v) is 13.1. The average Bonchev–Trinajstić information content (AvgIpc) is 3.13. The lowest BCUT2D eigenvalue weighted by Gasteiger charge is -2.01. The molecule has 2 N–H and O–H groups in total. The predicted molar refractivity (Wildman–Crippen MR) is 88.1 cm³/mol. The lowest BCUT2D eigenvalue weighted by molar-refractivity contribution is 0.0947. The Hall–Kier alpha value is -2.18. The summed E-state index contributed by atoms with van der Waals surface area (Å²) in [7, 11) is 2.00. The number of benzene rings is 1. The second-order valence-electron chi connectivity index (χ2n) is 5.02. The van der Waals surface area contributed by atoms with E-state index in [0.717, 1.165) is 21.6 Å². The molecule has 0 spiro atoms. The van der Waals surface area contributed by atoms with Crippen LogP contribution in [0.4, 0.5) is 0 Å². The standard InChI is InChI=1S/C16H17N3O2S/c1-19-13-6-3-2-5-11(13)9-14(19)16-18-12(10-22-16)15(21)17-7-4-8-20/h2-3,5-6,9-10,20H,4,7-8H2,1H3,(H,17,21). The van der Waals surface area contributed by atoms with E-state index in [1.165, 1.54) is 11.3 Å². The van der Waals surface area contributed by atoms with Gasteiger partial charge >= 0.3 is 0 Å². The van der Waals surface area contributed by atoms with E-state index >= 15 is 0 Å². The molecule has 114 valence electrons. The number of fused-ring (bicyclic) bond motifs is 1. The molecule has 2 heterocycles. The number of amides is 1. The number of aromatic nitrogens is 2. The molecule has 0 bridgehead atoms. The average molecular weight is 315 g/mol. The first-order chi connectivity index (χ1) is 10.7. The molecule has 0 fully saturated rings. The minimum absolute atomic E-state index is 0.0680. The van der Waals surface area contributed by atoms with Gasteiger partial charge in [0.05, 0.1) is 5.69 Å². The highest BCUT2D eigenvalue weighted by Gasteiger charge is 2.14. The van der Waals surface area contributed by atoms with Crippen molar-refractivity contribution in [3.63, 3.8) is 0 Å². The highest BCUT2D eigenvalue weighted by atomic mass is 32.1.